The lowest BCUT2D eigenvalue weighted by Crippen LogP contribution is -2.51. The largest absolute Gasteiger partial charge is 0.311 e. The van der Waals surface area contributed by atoms with Crippen LogP contribution in [0.5, 0.6) is 0 Å². The van der Waals surface area contributed by atoms with Crippen LogP contribution < -0.4 is 5.32 Å². The van der Waals surface area contributed by atoms with E-state index in [1.807, 2.05) is 0 Å². The molecule has 0 radical (unpaired) electrons. The highest BCUT2D eigenvalue weighted by Crippen LogP contribution is 2.23. The summed E-state index contributed by atoms with van der Waals surface area (Å²) < 4.78 is 0. The van der Waals surface area contributed by atoms with Gasteiger partial charge in [0.2, 0.25) is 0 Å². The third-order valence-corrected chi connectivity index (χ3v) is 4.74. The van der Waals surface area contributed by atoms with E-state index in [1.165, 1.54) is 56.9 Å². The summed E-state index contributed by atoms with van der Waals surface area (Å²) in [6.07, 6.45) is 4.17. The lowest BCUT2D eigenvalue weighted by molar-refractivity contribution is 0.167. The summed E-state index contributed by atoms with van der Waals surface area (Å²) in [4.78, 5) is 2.69. The molecule has 0 amide bonds. The van der Waals surface area contributed by atoms with Crippen molar-refractivity contribution in [3.8, 4) is 0 Å². The molecular weight excluding hydrogens is 204 g/mol. The van der Waals surface area contributed by atoms with Crippen molar-refractivity contribution in [2.75, 3.05) is 37.7 Å². The number of piperazine rings is 1. The van der Waals surface area contributed by atoms with Crippen molar-refractivity contribution in [1.82, 2.24) is 10.2 Å². The van der Waals surface area contributed by atoms with Crippen molar-refractivity contribution in [2.24, 2.45) is 5.92 Å². The summed E-state index contributed by atoms with van der Waals surface area (Å²) in [5.41, 5.74) is 0. The Morgan fingerprint density at radius 3 is 2.87 bits per heavy atom. The summed E-state index contributed by atoms with van der Waals surface area (Å²) in [6.45, 7) is 7.39. The molecule has 1 atom stereocenters. The van der Waals surface area contributed by atoms with Gasteiger partial charge in [-0.2, -0.15) is 11.8 Å². The van der Waals surface area contributed by atoms with Gasteiger partial charge < -0.3 is 10.2 Å². The first-order valence-electron chi connectivity index (χ1n) is 6.42. The fourth-order valence-electron chi connectivity index (χ4n) is 2.63. The molecule has 2 aliphatic rings. The maximum absolute atomic E-state index is 3.59. The van der Waals surface area contributed by atoms with Gasteiger partial charge >= 0.3 is 0 Å². The van der Waals surface area contributed by atoms with Gasteiger partial charge in [-0.05, 0) is 36.7 Å². The van der Waals surface area contributed by atoms with Crippen LogP contribution in [0.1, 0.15) is 26.2 Å². The molecule has 1 unspecified atom stereocenters. The number of thioether (sulfide) groups is 1. The molecule has 0 saturated carbocycles. The average molecular weight is 228 g/mol. The fraction of sp³-hybridized carbons (Fsp3) is 1.00. The number of nitrogens with zero attached hydrogens (tertiary/aromatic N) is 1. The van der Waals surface area contributed by atoms with Gasteiger partial charge in [0.05, 0.1) is 0 Å². The van der Waals surface area contributed by atoms with Gasteiger partial charge in [-0.3, -0.25) is 0 Å². The Morgan fingerprint density at radius 1 is 1.33 bits per heavy atom. The third kappa shape index (κ3) is 3.65. The monoisotopic (exact) mass is 228 g/mol. The summed E-state index contributed by atoms with van der Waals surface area (Å²) in [5, 5.41) is 3.59. The van der Waals surface area contributed by atoms with Crippen LogP contribution in [0.4, 0.5) is 0 Å². The van der Waals surface area contributed by atoms with Crippen molar-refractivity contribution >= 4 is 11.8 Å². The maximum atomic E-state index is 3.59. The van der Waals surface area contributed by atoms with Crippen molar-refractivity contribution in [1.29, 1.82) is 0 Å². The first kappa shape index (κ1) is 11.7. The Bertz CT molecular complexity index is 180. The van der Waals surface area contributed by atoms with Crippen LogP contribution in [-0.2, 0) is 0 Å². The normalized spacial score (nSPS) is 30.6. The topological polar surface area (TPSA) is 15.3 Å². The van der Waals surface area contributed by atoms with Crippen molar-refractivity contribution in [3.05, 3.63) is 0 Å². The van der Waals surface area contributed by atoms with Gasteiger partial charge in [0, 0.05) is 32.2 Å². The quantitative estimate of drug-likeness (QED) is 0.793. The molecule has 2 heterocycles. The van der Waals surface area contributed by atoms with Crippen LogP contribution in [-0.4, -0.2) is 48.6 Å². The standard InChI is InChI=1S/C12H24N2S/c1-2-12-10-14(6-5-13-12)9-11-3-7-15-8-4-11/h11-13H,2-10H2,1H3. The first-order valence-corrected chi connectivity index (χ1v) is 7.57. The molecule has 88 valence electrons. The zero-order valence-corrected chi connectivity index (χ0v) is 10.7. The molecule has 1 N–H and O–H groups in total. The summed E-state index contributed by atoms with van der Waals surface area (Å²) >= 11 is 2.13. The number of rotatable bonds is 3. The Hall–Kier alpha value is 0.270. The minimum Gasteiger partial charge on any atom is -0.311 e. The Labute approximate surface area is 98.2 Å². The second-order valence-corrected chi connectivity index (χ2v) is 6.10. The van der Waals surface area contributed by atoms with Gasteiger partial charge in [0.1, 0.15) is 0 Å². The van der Waals surface area contributed by atoms with E-state index in [0.717, 1.165) is 12.0 Å². The maximum Gasteiger partial charge on any atom is 0.0192 e. The Morgan fingerprint density at radius 2 is 2.13 bits per heavy atom. The van der Waals surface area contributed by atoms with Crippen molar-refractivity contribution in [2.45, 2.75) is 32.2 Å². The molecule has 0 spiro atoms. The van der Waals surface area contributed by atoms with Crippen LogP contribution >= 0.6 is 11.8 Å². The highest BCUT2D eigenvalue weighted by Gasteiger charge is 2.21. The zero-order valence-electron chi connectivity index (χ0n) is 9.87. The summed E-state index contributed by atoms with van der Waals surface area (Å²) in [7, 11) is 0. The van der Waals surface area contributed by atoms with Gasteiger partial charge in [0.25, 0.3) is 0 Å². The highest BCUT2D eigenvalue weighted by atomic mass is 32.2. The van der Waals surface area contributed by atoms with Gasteiger partial charge in [-0.25, -0.2) is 0 Å². The summed E-state index contributed by atoms with van der Waals surface area (Å²) in [6, 6.07) is 0.747. The van der Waals surface area contributed by atoms with E-state index in [0.29, 0.717) is 0 Å². The molecule has 0 bridgehead atoms. The van der Waals surface area contributed by atoms with Crippen LogP contribution in [0, 0.1) is 5.92 Å². The van der Waals surface area contributed by atoms with Crippen LogP contribution in [0.15, 0.2) is 0 Å². The molecule has 2 fully saturated rings. The molecule has 0 aromatic carbocycles. The molecule has 2 rings (SSSR count). The second kappa shape index (κ2) is 6.12. The Balaban J connectivity index is 1.72. The van der Waals surface area contributed by atoms with Crippen molar-refractivity contribution < 1.29 is 0 Å². The molecular formula is C12H24N2S. The Kier molecular flexibility index (Phi) is 4.79. The molecule has 3 heteroatoms. The first-order chi connectivity index (χ1) is 7.38. The van der Waals surface area contributed by atoms with E-state index < -0.39 is 0 Å². The highest BCUT2D eigenvalue weighted by molar-refractivity contribution is 7.99. The predicted octanol–water partition coefficient (Wildman–Crippen LogP) is 1.81. The molecule has 0 aromatic heterocycles. The number of hydrogen-bond donors (Lipinski definition) is 1. The van der Waals surface area contributed by atoms with E-state index in [9.17, 15) is 0 Å². The predicted molar refractivity (Wildman–Crippen MR) is 68.6 cm³/mol. The molecule has 0 aliphatic carbocycles. The van der Waals surface area contributed by atoms with Gasteiger partial charge in [-0.15, -0.1) is 0 Å². The fourth-order valence-corrected chi connectivity index (χ4v) is 3.83. The number of nitrogens with one attached hydrogen (secondary N) is 1. The molecule has 2 saturated heterocycles. The minimum atomic E-state index is 0.747. The zero-order chi connectivity index (χ0) is 10.5. The van der Waals surface area contributed by atoms with Crippen LogP contribution in [0.25, 0.3) is 0 Å². The molecule has 2 nitrogen and oxygen atoms in total. The van der Waals surface area contributed by atoms with Crippen LogP contribution in [0.2, 0.25) is 0 Å². The second-order valence-electron chi connectivity index (χ2n) is 4.87. The van der Waals surface area contributed by atoms with E-state index in [4.69, 9.17) is 0 Å². The smallest absolute Gasteiger partial charge is 0.0192 e. The molecule has 2 aliphatic heterocycles. The molecule has 0 aromatic rings. The SMILES string of the molecule is CCC1CN(CC2CCSCC2)CCN1. The van der Waals surface area contributed by atoms with E-state index in [2.05, 4.69) is 28.9 Å². The van der Waals surface area contributed by atoms with Gasteiger partial charge in [-0.1, -0.05) is 6.92 Å². The van der Waals surface area contributed by atoms with Crippen molar-refractivity contribution in [3.63, 3.8) is 0 Å². The minimum absolute atomic E-state index is 0.747. The van der Waals surface area contributed by atoms with E-state index >= 15 is 0 Å². The number of hydrogen-bond acceptors (Lipinski definition) is 3. The summed E-state index contributed by atoms with van der Waals surface area (Å²) in [5.74, 6) is 3.78. The van der Waals surface area contributed by atoms with Gasteiger partial charge in [0.15, 0.2) is 0 Å². The lowest BCUT2D eigenvalue weighted by Gasteiger charge is -2.36. The average Bonchev–Trinajstić information content (AvgIpc) is 2.31. The van der Waals surface area contributed by atoms with Crippen LogP contribution in [0.3, 0.4) is 0 Å². The third-order valence-electron chi connectivity index (χ3n) is 3.69. The van der Waals surface area contributed by atoms with E-state index in [1.54, 1.807) is 0 Å². The van der Waals surface area contributed by atoms with E-state index in [-0.39, 0.29) is 0 Å². The lowest BCUT2D eigenvalue weighted by atomic mass is 10.0. The molecule has 15 heavy (non-hydrogen) atoms.